The highest BCUT2D eigenvalue weighted by molar-refractivity contribution is 9.11. The number of rotatable bonds is 7. The van der Waals surface area contributed by atoms with Crippen molar-refractivity contribution in [3.8, 4) is 17.1 Å². The molecule has 30 heavy (non-hydrogen) atoms. The van der Waals surface area contributed by atoms with Crippen molar-refractivity contribution in [2.75, 3.05) is 25.6 Å². The number of ether oxygens (including phenoxy) is 2. The van der Waals surface area contributed by atoms with Crippen LogP contribution in [0, 0.1) is 6.92 Å². The van der Waals surface area contributed by atoms with Gasteiger partial charge in [-0.25, -0.2) is 9.97 Å². The Balaban J connectivity index is 0.00000256. The van der Waals surface area contributed by atoms with Crippen LogP contribution >= 0.6 is 60.2 Å². The number of hydrogen-bond acceptors (Lipinski definition) is 6. The molecule has 4 rings (SSSR count). The van der Waals surface area contributed by atoms with E-state index in [0.29, 0.717) is 13.2 Å². The lowest BCUT2D eigenvalue weighted by Gasteiger charge is -2.12. The molecule has 0 fully saturated rings. The molecule has 1 N–H and O–H groups in total. The molecule has 3 heterocycles. The Morgan fingerprint density at radius 1 is 1.13 bits per heavy atom. The maximum Gasteiger partial charge on any atom is 0.187 e. The Hall–Kier alpha value is -1.46. The zero-order valence-electron chi connectivity index (χ0n) is 16.2. The molecule has 158 valence electrons. The molecule has 1 aromatic carbocycles. The molecule has 6 nitrogen and oxygen atoms in total. The van der Waals surface area contributed by atoms with Crippen LogP contribution < -0.4 is 10.1 Å². The molecular formula is C20H19Br3N4O2S. The number of anilines is 2. The van der Waals surface area contributed by atoms with Gasteiger partial charge in [0.05, 0.1) is 23.7 Å². The highest BCUT2D eigenvalue weighted by atomic mass is 79.9. The van der Waals surface area contributed by atoms with Gasteiger partial charge < -0.3 is 14.8 Å². The quantitative estimate of drug-likeness (QED) is 0.235. The number of benzene rings is 1. The summed E-state index contributed by atoms with van der Waals surface area (Å²) in [5.41, 5.74) is 4.65. The van der Waals surface area contributed by atoms with E-state index in [1.165, 1.54) is 0 Å². The Kier molecular flexibility index (Phi) is 7.92. The van der Waals surface area contributed by atoms with Crippen LogP contribution in [0.4, 0.5) is 10.8 Å². The van der Waals surface area contributed by atoms with Crippen LogP contribution in [0.5, 0.6) is 5.75 Å². The lowest BCUT2D eigenvalue weighted by atomic mass is 10.3. The maximum atomic E-state index is 5.68. The number of imidazole rings is 1. The molecule has 0 aliphatic carbocycles. The molecule has 0 aliphatic rings. The predicted octanol–water partition coefficient (Wildman–Crippen LogP) is 6.64. The van der Waals surface area contributed by atoms with Crippen LogP contribution in [0.3, 0.4) is 0 Å². The summed E-state index contributed by atoms with van der Waals surface area (Å²) in [5, 5.41) is 6.22. The number of methoxy groups -OCH3 is 1. The van der Waals surface area contributed by atoms with Crippen LogP contribution in [0.15, 0.2) is 50.9 Å². The van der Waals surface area contributed by atoms with E-state index in [1.807, 2.05) is 48.8 Å². The molecule has 0 saturated heterocycles. The standard InChI is InChI=1S/C20H18Br2N4O2S.BrH/c1-12-19(26-6-4-3-5-17(26)23-12)16-11-29-20(24-16)25-18-14(21)9-13(10-15(18)22)28-8-7-27-2;/h3-6,9-11H,7-8H2,1-2H3,(H,24,25);1H. The average molecular weight is 619 g/mol. The fourth-order valence-electron chi connectivity index (χ4n) is 2.96. The van der Waals surface area contributed by atoms with Crippen LogP contribution in [0.25, 0.3) is 17.0 Å². The highest BCUT2D eigenvalue weighted by Crippen LogP contribution is 2.38. The van der Waals surface area contributed by atoms with E-state index in [1.54, 1.807) is 18.4 Å². The first-order valence-electron chi connectivity index (χ1n) is 8.84. The van der Waals surface area contributed by atoms with Gasteiger partial charge in [-0.05, 0) is 63.0 Å². The third-order valence-electron chi connectivity index (χ3n) is 4.25. The van der Waals surface area contributed by atoms with Crippen LogP contribution in [0.2, 0.25) is 0 Å². The second kappa shape index (κ2) is 10.2. The van der Waals surface area contributed by atoms with Crippen molar-refractivity contribution in [1.82, 2.24) is 14.4 Å². The maximum absolute atomic E-state index is 5.68. The molecule has 0 radical (unpaired) electrons. The number of hydrogen-bond donors (Lipinski definition) is 1. The summed E-state index contributed by atoms with van der Waals surface area (Å²) in [4.78, 5) is 9.40. The number of aromatic nitrogens is 3. The van der Waals surface area contributed by atoms with Crippen molar-refractivity contribution >= 4 is 76.6 Å². The summed E-state index contributed by atoms with van der Waals surface area (Å²) in [6, 6.07) is 9.81. The fourth-order valence-corrected chi connectivity index (χ4v) is 5.01. The Morgan fingerprint density at radius 2 is 1.90 bits per heavy atom. The van der Waals surface area contributed by atoms with E-state index in [9.17, 15) is 0 Å². The van der Waals surface area contributed by atoms with Crippen LogP contribution in [0.1, 0.15) is 5.69 Å². The molecule has 0 amide bonds. The Labute approximate surface area is 205 Å². The number of thiazole rings is 1. The SMILES string of the molecule is Br.COCCOc1cc(Br)c(Nc2nc(-c3c(C)nc4ccccn34)cs2)c(Br)c1. The first-order chi connectivity index (χ1) is 14.1. The van der Waals surface area contributed by atoms with E-state index in [2.05, 4.69) is 46.6 Å². The van der Waals surface area contributed by atoms with Gasteiger partial charge in [-0.3, -0.25) is 4.40 Å². The zero-order chi connectivity index (χ0) is 20.4. The van der Waals surface area contributed by atoms with Gasteiger partial charge >= 0.3 is 0 Å². The molecule has 0 bridgehead atoms. The summed E-state index contributed by atoms with van der Waals surface area (Å²) in [7, 11) is 1.65. The first kappa shape index (κ1) is 23.2. The van der Waals surface area contributed by atoms with Gasteiger partial charge in [0.2, 0.25) is 0 Å². The Morgan fingerprint density at radius 3 is 2.63 bits per heavy atom. The predicted molar refractivity (Wildman–Crippen MR) is 134 cm³/mol. The minimum atomic E-state index is 0. The van der Waals surface area contributed by atoms with Gasteiger partial charge in [-0.1, -0.05) is 6.07 Å². The second-order valence-electron chi connectivity index (χ2n) is 6.24. The topological polar surface area (TPSA) is 60.7 Å². The molecular weight excluding hydrogens is 600 g/mol. The molecule has 3 aromatic heterocycles. The Bertz CT molecular complexity index is 1140. The van der Waals surface area contributed by atoms with Crippen molar-refractivity contribution in [3.63, 3.8) is 0 Å². The number of nitrogens with zero attached hydrogens (tertiary/aromatic N) is 3. The fraction of sp³-hybridized carbons (Fsp3) is 0.200. The monoisotopic (exact) mass is 616 g/mol. The van der Waals surface area contributed by atoms with Crippen LogP contribution in [-0.4, -0.2) is 34.7 Å². The van der Waals surface area contributed by atoms with Crippen molar-refractivity contribution in [2.45, 2.75) is 6.92 Å². The second-order valence-corrected chi connectivity index (χ2v) is 8.81. The smallest absolute Gasteiger partial charge is 0.187 e. The van der Waals surface area contributed by atoms with E-state index in [4.69, 9.17) is 14.5 Å². The van der Waals surface area contributed by atoms with Gasteiger partial charge in [0, 0.05) is 27.6 Å². The summed E-state index contributed by atoms with van der Waals surface area (Å²) in [6.07, 6.45) is 2.01. The minimum Gasteiger partial charge on any atom is -0.491 e. The van der Waals surface area contributed by atoms with Crippen molar-refractivity contribution in [2.24, 2.45) is 0 Å². The molecule has 4 aromatic rings. The third kappa shape index (κ3) is 4.88. The van der Waals surface area contributed by atoms with E-state index >= 15 is 0 Å². The molecule has 0 aliphatic heterocycles. The lowest BCUT2D eigenvalue weighted by molar-refractivity contribution is 0.146. The van der Waals surface area contributed by atoms with Gasteiger partial charge in [-0.15, -0.1) is 28.3 Å². The first-order valence-corrected chi connectivity index (χ1v) is 11.3. The van der Waals surface area contributed by atoms with E-state index < -0.39 is 0 Å². The van der Waals surface area contributed by atoms with Gasteiger partial charge in [0.15, 0.2) is 5.13 Å². The number of aryl methyl sites for hydroxylation is 1. The van der Waals surface area contributed by atoms with Crippen molar-refractivity contribution < 1.29 is 9.47 Å². The largest absolute Gasteiger partial charge is 0.491 e. The molecule has 0 atom stereocenters. The van der Waals surface area contributed by atoms with Crippen LogP contribution in [-0.2, 0) is 4.74 Å². The minimum absolute atomic E-state index is 0. The zero-order valence-corrected chi connectivity index (χ0v) is 21.9. The highest BCUT2D eigenvalue weighted by Gasteiger charge is 2.15. The van der Waals surface area contributed by atoms with Gasteiger partial charge in [-0.2, -0.15) is 0 Å². The average Bonchev–Trinajstić information content (AvgIpc) is 3.27. The van der Waals surface area contributed by atoms with E-state index in [0.717, 1.165) is 48.2 Å². The van der Waals surface area contributed by atoms with E-state index in [-0.39, 0.29) is 17.0 Å². The molecule has 0 saturated carbocycles. The van der Waals surface area contributed by atoms with Gasteiger partial charge in [0.25, 0.3) is 0 Å². The summed E-state index contributed by atoms with van der Waals surface area (Å²) >= 11 is 8.77. The summed E-state index contributed by atoms with van der Waals surface area (Å²) < 4.78 is 14.5. The lowest BCUT2D eigenvalue weighted by Crippen LogP contribution is -2.04. The number of halogens is 3. The van der Waals surface area contributed by atoms with Crippen molar-refractivity contribution in [3.05, 3.63) is 56.5 Å². The molecule has 0 spiro atoms. The molecule has 10 heteroatoms. The summed E-state index contributed by atoms with van der Waals surface area (Å²) in [5.74, 6) is 0.757. The number of nitrogens with one attached hydrogen (secondary N) is 1. The third-order valence-corrected chi connectivity index (χ3v) is 6.26. The molecule has 0 unspecified atom stereocenters. The number of fused-ring (bicyclic) bond motifs is 1. The normalized spacial score (nSPS) is 10.8. The summed E-state index contributed by atoms with van der Waals surface area (Å²) in [6.45, 7) is 3.04. The van der Waals surface area contributed by atoms with Crippen molar-refractivity contribution in [1.29, 1.82) is 0 Å². The van der Waals surface area contributed by atoms with Gasteiger partial charge in [0.1, 0.15) is 23.7 Å². The number of pyridine rings is 1.